The molecule has 0 heterocycles. The van der Waals surface area contributed by atoms with E-state index in [2.05, 4.69) is 30.1 Å². The van der Waals surface area contributed by atoms with Gasteiger partial charge in [-0.25, -0.2) is 0 Å². The minimum atomic E-state index is -0.390. The Hall–Kier alpha value is -0.675. The molecule has 1 rings (SSSR count). The normalized spacial score (nSPS) is 10.4. The molecule has 0 unspecified atom stereocenters. The van der Waals surface area contributed by atoms with Crippen molar-refractivity contribution in [3.63, 3.8) is 0 Å². The molecule has 0 saturated carbocycles. The third-order valence-electron chi connectivity index (χ3n) is 1.89. The lowest BCUT2D eigenvalue weighted by Crippen LogP contribution is -2.24. The Bertz CT molecular complexity index is 306. The molecule has 82 valence electrons. The Labute approximate surface area is 99.0 Å². The van der Waals surface area contributed by atoms with Crippen LogP contribution in [0.3, 0.4) is 0 Å². The van der Waals surface area contributed by atoms with Crippen molar-refractivity contribution in [1.82, 2.24) is 0 Å². The molecular formula is C10H14BBrO3. The second kappa shape index (κ2) is 6.03. The van der Waals surface area contributed by atoms with Gasteiger partial charge in [0.1, 0.15) is 5.75 Å². The summed E-state index contributed by atoms with van der Waals surface area (Å²) in [5, 5.41) is 9.49. The van der Waals surface area contributed by atoms with Gasteiger partial charge in [0.25, 0.3) is 0 Å². The molecule has 3 nitrogen and oxygen atoms in total. The van der Waals surface area contributed by atoms with E-state index >= 15 is 0 Å². The van der Waals surface area contributed by atoms with Crippen molar-refractivity contribution in [3.8, 4) is 11.5 Å². The summed E-state index contributed by atoms with van der Waals surface area (Å²) in [6.07, 6.45) is 0.750. The first-order valence-corrected chi connectivity index (χ1v) is 5.50. The molecule has 0 aliphatic heterocycles. The summed E-state index contributed by atoms with van der Waals surface area (Å²) in [5.74, 6) is 1.01. The number of phenols is 1. The molecule has 1 aromatic carbocycles. The topological polar surface area (TPSA) is 38.7 Å². The minimum absolute atomic E-state index is 0.121. The second-order valence-corrected chi connectivity index (χ2v) is 4.11. The number of phenolic OH excluding ortho intramolecular Hbond substituents is 1. The first-order valence-electron chi connectivity index (χ1n) is 4.85. The first kappa shape index (κ1) is 12.4. The van der Waals surface area contributed by atoms with Crippen LogP contribution in [0.15, 0.2) is 24.3 Å². The maximum absolute atomic E-state index is 9.49. The predicted octanol–water partition coefficient (Wildman–Crippen LogP) is 3.24. The van der Waals surface area contributed by atoms with Gasteiger partial charge in [0, 0.05) is 0 Å². The van der Waals surface area contributed by atoms with Crippen molar-refractivity contribution in [2.45, 2.75) is 20.2 Å². The van der Waals surface area contributed by atoms with Gasteiger partial charge in [0.15, 0.2) is 5.75 Å². The highest BCUT2D eigenvalue weighted by Crippen LogP contribution is 2.26. The Morgan fingerprint density at radius 1 is 1.40 bits per heavy atom. The molecule has 1 N–H and O–H groups in total. The van der Waals surface area contributed by atoms with Gasteiger partial charge in [-0.2, -0.15) is 0 Å². The Kier molecular flexibility index (Phi) is 4.98. The van der Waals surface area contributed by atoms with Crippen LogP contribution in [0.1, 0.15) is 13.8 Å². The second-order valence-electron chi connectivity index (χ2n) is 3.73. The molecule has 0 spiro atoms. The molecule has 0 bridgehead atoms. The standard InChI is InChI=1S/C10H14BBrO3/c1-8(2)7-11(15-12)14-10-6-4-3-5-9(10)13/h3-6,8,13H,7H2,1-2H3. The fourth-order valence-electron chi connectivity index (χ4n) is 1.19. The van der Waals surface area contributed by atoms with E-state index < -0.39 is 7.12 Å². The summed E-state index contributed by atoms with van der Waals surface area (Å²) in [6, 6.07) is 6.83. The lowest BCUT2D eigenvalue weighted by atomic mass is 9.79. The molecule has 0 radical (unpaired) electrons. The van der Waals surface area contributed by atoms with Gasteiger partial charge < -0.3 is 13.5 Å². The average molecular weight is 273 g/mol. The number of halogens is 1. The monoisotopic (exact) mass is 272 g/mol. The van der Waals surface area contributed by atoms with Crippen LogP contribution in [0.4, 0.5) is 0 Å². The Morgan fingerprint density at radius 3 is 2.60 bits per heavy atom. The maximum Gasteiger partial charge on any atom is 0.536 e. The summed E-state index contributed by atoms with van der Waals surface area (Å²) < 4.78 is 10.5. The molecule has 0 aliphatic carbocycles. The summed E-state index contributed by atoms with van der Waals surface area (Å²) in [4.78, 5) is 0. The third kappa shape index (κ3) is 4.14. The van der Waals surface area contributed by atoms with E-state index in [4.69, 9.17) is 8.40 Å². The molecule has 0 saturated heterocycles. The van der Waals surface area contributed by atoms with E-state index in [1.807, 2.05) is 0 Å². The lowest BCUT2D eigenvalue weighted by molar-refractivity contribution is 0.406. The predicted molar refractivity (Wildman–Crippen MR) is 64.1 cm³/mol. The van der Waals surface area contributed by atoms with Crippen LogP contribution in [0.5, 0.6) is 11.5 Å². The van der Waals surface area contributed by atoms with Crippen molar-refractivity contribution in [3.05, 3.63) is 24.3 Å². The molecule has 0 aromatic heterocycles. The maximum atomic E-state index is 9.49. The van der Waals surface area contributed by atoms with Crippen LogP contribution in [-0.2, 0) is 3.75 Å². The van der Waals surface area contributed by atoms with Gasteiger partial charge >= 0.3 is 7.12 Å². The fraction of sp³-hybridized carbons (Fsp3) is 0.400. The molecule has 1 aromatic rings. The number of aromatic hydroxyl groups is 1. The van der Waals surface area contributed by atoms with Crippen molar-refractivity contribution in [2.75, 3.05) is 0 Å². The average Bonchev–Trinajstić information content (AvgIpc) is 2.19. The van der Waals surface area contributed by atoms with Crippen LogP contribution in [-0.4, -0.2) is 12.2 Å². The lowest BCUT2D eigenvalue weighted by Gasteiger charge is -2.14. The Morgan fingerprint density at radius 2 is 2.07 bits per heavy atom. The zero-order chi connectivity index (χ0) is 11.3. The number of para-hydroxylation sites is 2. The molecule has 5 heteroatoms. The van der Waals surface area contributed by atoms with Crippen molar-refractivity contribution in [1.29, 1.82) is 0 Å². The molecular weight excluding hydrogens is 259 g/mol. The van der Waals surface area contributed by atoms with Gasteiger partial charge in [0.05, 0.1) is 16.3 Å². The number of rotatable bonds is 5. The van der Waals surface area contributed by atoms with Crippen LogP contribution < -0.4 is 4.65 Å². The molecule has 0 amide bonds. The highest BCUT2D eigenvalue weighted by atomic mass is 79.9. The van der Waals surface area contributed by atoms with Gasteiger partial charge in [-0.05, 0) is 24.4 Å². The zero-order valence-electron chi connectivity index (χ0n) is 8.81. The van der Waals surface area contributed by atoms with Crippen LogP contribution in [0, 0.1) is 5.92 Å². The Balaban J connectivity index is 2.62. The van der Waals surface area contributed by atoms with E-state index in [9.17, 15) is 5.11 Å². The molecule has 15 heavy (non-hydrogen) atoms. The van der Waals surface area contributed by atoms with E-state index in [0.717, 1.165) is 6.32 Å². The zero-order valence-corrected chi connectivity index (χ0v) is 10.4. The van der Waals surface area contributed by atoms with Crippen molar-refractivity contribution >= 4 is 23.4 Å². The van der Waals surface area contributed by atoms with E-state index in [1.165, 1.54) is 0 Å². The summed E-state index contributed by atoms with van der Waals surface area (Å²) >= 11 is 2.92. The van der Waals surface area contributed by atoms with E-state index in [-0.39, 0.29) is 5.75 Å². The van der Waals surface area contributed by atoms with Crippen molar-refractivity contribution < 1.29 is 13.5 Å². The summed E-state index contributed by atoms with van der Waals surface area (Å²) in [6.45, 7) is 4.15. The summed E-state index contributed by atoms with van der Waals surface area (Å²) in [7, 11) is -0.390. The SMILES string of the molecule is CC(C)CB(OBr)Oc1ccccc1O. The number of hydrogen-bond acceptors (Lipinski definition) is 3. The van der Waals surface area contributed by atoms with Crippen molar-refractivity contribution in [2.24, 2.45) is 5.92 Å². The van der Waals surface area contributed by atoms with Crippen LogP contribution in [0.2, 0.25) is 6.32 Å². The fourth-order valence-corrected chi connectivity index (χ4v) is 1.41. The highest BCUT2D eigenvalue weighted by molar-refractivity contribution is 9.06. The molecule has 0 fully saturated rings. The molecule has 0 aliphatic rings. The van der Waals surface area contributed by atoms with Gasteiger partial charge in [-0.15, -0.1) is 0 Å². The molecule has 0 atom stereocenters. The minimum Gasteiger partial charge on any atom is -0.533 e. The first-order chi connectivity index (χ1) is 7.13. The summed E-state index contributed by atoms with van der Waals surface area (Å²) in [5.41, 5.74) is 0. The number of hydrogen-bond donors (Lipinski definition) is 1. The van der Waals surface area contributed by atoms with Gasteiger partial charge in [-0.3, -0.25) is 0 Å². The highest BCUT2D eigenvalue weighted by Gasteiger charge is 2.22. The largest absolute Gasteiger partial charge is 0.536 e. The van der Waals surface area contributed by atoms with E-state index in [1.54, 1.807) is 24.3 Å². The quantitative estimate of drug-likeness (QED) is 0.837. The van der Waals surface area contributed by atoms with Gasteiger partial charge in [0.2, 0.25) is 0 Å². The van der Waals surface area contributed by atoms with Crippen LogP contribution >= 0.6 is 16.3 Å². The number of benzene rings is 1. The smallest absolute Gasteiger partial charge is 0.533 e. The van der Waals surface area contributed by atoms with E-state index in [0.29, 0.717) is 11.7 Å². The van der Waals surface area contributed by atoms with Crippen LogP contribution in [0.25, 0.3) is 0 Å². The van der Waals surface area contributed by atoms with Gasteiger partial charge in [-0.1, -0.05) is 26.0 Å². The third-order valence-corrected chi connectivity index (χ3v) is 2.30.